The van der Waals surface area contributed by atoms with Crippen LogP contribution < -0.4 is 15.4 Å². The Balaban J connectivity index is 2.37. The maximum absolute atomic E-state index is 12.1. The number of benzene rings is 1. The fraction of sp³-hybridized carbons (Fsp3) is 0.400. The number of hydrogen-bond acceptors (Lipinski definition) is 3. The monoisotopic (exact) mass is 294 g/mol. The van der Waals surface area contributed by atoms with Gasteiger partial charge in [-0.3, -0.25) is 4.79 Å². The molecule has 1 aromatic carbocycles. The van der Waals surface area contributed by atoms with Gasteiger partial charge >= 0.3 is 7.80 Å². The summed E-state index contributed by atoms with van der Waals surface area (Å²) in [5.41, 5.74) is 0. The fourth-order valence-electron chi connectivity index (χ4n) is 1.64. The lowest BCUT2D eigenvalue weighted by Crippen LogP contribution is -2.16. The molecule has 1 amide bonds. The zero-order valence-electron chi connectivity index (χ0n) is 12.0. The van der Waals surface area contributed by atoms with Gasteiger partial charge < -0.3 is 10.1 Å². The molecule has 1 rings (SSSR count). The second-order valence-corrected chi connectivity index (χ2v) is 5.92. The molecule has 0 spiro atoms. The second-order valence-electron chi connectivity index (χ2n) is 4.20. The number of carbonyl (C=O) groups is 1. The van der Waals surface area contributed by atoms with Crippen LogP contribution in [0.15, 0.2) is 36.5 Å². The average Bonchev–Trinajstić information content (AvgIpc) is 2.46. The summed E-state index contributed by atoms with van der Waals surface area (Å²) in [5, 5.41) is 3.44. The SMILES string of the molecule is CC=CNC(=O)CCC[P+](=O)c1ccc(OCC)cc1. The summed E-state index contributed by atoms with van der Waals surface area (Å²) in [7, 11) is -1.44. The van der Waals surface area contributed by atoms with E-state index in [1.165, 1.54) is 0 Å². The Kier molecular flexibility index (Phi) is 7.59. The van der Waals surface area contributed by atoms with Gasteiger partial charge in [0.1, 0.15) is 5.75 Å². The van der Waals surface area contributed by atoms with Crippen molar-refractivity contribution in [2.24, 2.45) is 0 Å². The molecule has 4 nitrogen and oxygen atoms in total. The molecule has 0 saturated carbocycles. The summed E-state index contributed by atoms with van der Waals surface area (Å²) in [6.07, 6.45) is 4.90. The summed E-state index contributed by atoms with van der Waals surface area (Å²) >= 11 is 0. The van der Waals surface area contributed by atoms with E-state index < -0.39 is 7.80 Å². The van der Waals surface area contributed by atoms with Crippen LogP contribution in [0.25, 0.3) is 0 Å². The van der Waals surface area contributed by atoms with Gasteiger partial charge in [0.15, 0.2) is 11.5 Å². The van der Waals surface area contributed by atoms with Crippen molar-refractivity contribution < 1.29 is 14.1 Å². The van der Waals surface area contributed by atoms with Crippen molar-refractivity contribution in [3.63, 3.8) is 0 Å². The highest BCUT2D eigenvalue weighted by Crippen LogP contribution is 2.23. The first-order valence-corrected chi connectivity index (χ1v) is 8.20. The van der Waals surface area contributed by atoms with Gasteiger partial charge in [-0.1, -0.05) is 10.6 Å². The maximum Gasteiger partial charge on any atom is 0.376 e. The van der Waals surface area contributed by atoms with Crippen LogP contribution in [-0.4, -0.2) is 18.7 Å². The van der Waals surface area contributed by atoms with E-state index >= 15 is 0 Å². The fourth-order valence-corrected chi connectivity index (χ4v) is 2.82. The molecule has 1 aromatic rings. The Bertz CT molecular complexity index is 469. The van der Waals surface area contributed by atoms with Crippen molar-refractivity contribution in [1.82, 2.24) is 5.32 Å². The Morgan fingerprint density at radius 3 is 2.65 bits per heavy atom. The van der Waals surface area contributed by atoms with E-state index in [1.54, 1.807) is 12.3 Å². The number of rotatable bonds is 8. The zero-order valence-corrected chi connectivity index (χ0v) is 12.9. The Morgan fingerprint density at radius 2 is 2.05 bits per heavy atom. The van der Waals surface area contributed by atoms with E-state index in [4.69, 9.17) is 4.74 Å². The van der Waals surface area contributed by atoms with E-state index in [1.807, 2.05) is 38.1 Å². The normalized spacial score (nSPS) is 11.4. The zero-order chi connectivity index (χ0) is 14.8. The Morgan fingerprint density at radius 1 is 1.35 bits per heavy atom. The quantitative estimate of drug-likeness (QED) is 0.750. The number of carbonyl (C=O) groups excluding carboxylic acids is 1. The van der Waals surface area contributed by atoms with E-state index in [2.05, 4.69) is 5.32 Å². The van der Waals surface area contributed by atoms with Crippen molar-refractivity contribution in [3.05, 3.63) is 36.5 Å². The molecule has 0 bridgehead atoms. The lowest BCUT2D eigenvalue weighted by atomic mass is 10.3. The highest BCUT2D eigenvalue weighted by molar-refractivity contribution is 7.53. The number of hydrogen-bond donors (Lipinski definition) is 1. The topological polar surface area (TPSA) is 55.4 Å². The third kappa shape index (κ3) is 5.98. The smallest absolute Gasteiger partial charge is 0.376 e. The predicted molar refractivity (Wildman–Crippen MR) is 81.9 cm³/mol. The molecule has 1 N–H and O–H groups in total. The highest BCUT2D eigenvalue weighted by atomic mass is 31.1. The molecule has 108 valence electrons. The van der Waals surface area contributed by atoms with Crippen molar-refractivity contribution in [2.45, 2.75) is 26.7 Å². The number of amides is 1. The minimum Gasteiger partial charge on any atom is -0.494 e. The van der Waals surface area contributed by atoms with E-state index in [-0.39, 0.29) is 5.91 Å². The number of nitrogens with one attached hydrogen (secondary N) is 1. The van der Waals surface area contributed by atoms with Crippen LogP contribution in [0.5, 0.6) is 5.75 Å². The first-order chi connectivity index (χ1) is 9.67. The van der Waals surface area contributed by atoms with Gasteiger partial charge in [-0.15, -0.1) is 0 Å². The first kappa shape index (κ1) is 16.4. The summed E-state index contributed by atoms with van der Waals surface area (Å²) in [5.74, 6) is 0.739. The highest BCUT2D eigenvalue weighted by Gasteiger charge is 2.19. The van der Waals surface area contributed by atoms with Crippen LogP contribution in [0.1, 0.15) is 26.7 Å². The van der Waals surface area contributed by atoms with Crippen LogP contribution in [0.3, 0.4) is 0 Å². The minimum atomic E-state index is -1.44. The molecule has 0 heterocycles. The van der Waals surface area contributed by atoms with Gasteiger partial charge in [-0.05, 0) is 44.3 Å². The molecule has 5 heteroatoms. The predicted octanol–water partition coefficient (Wildman–Crippen LogP) is 2.97. The average molecular weight is 294 g/mol. The van der Waals surface area contributed by atoms with Gasteiger partial charge in [0, 0.05) is 12.8 Å². The summed E-state index contributed by atoms with van der Waals surface area (Å²) in [4.78, 5) is 11.4. The van der Waals surface area contributed by atoms with Crippen molar-refractivity contribution in [3.8, 4) is 5.75 Å². The van der Waals surface area contributed by atoms with Gasteiger partial charge in [-0.2, -0.15) is 0 Å². The molecular formula is C15H21NO3P+. The van der Waals surface area contributed by atoms with Crippen LogP contribution in [0.4, 0.5) is 0 Å². The maximum atomic E-state index is 12.1. The molecule has 0 aliphatic carbocycles. The van der Waals surface area contributed by atoms with Gasteiger partial charge in [-0.25, -0.2) is 0 Å². The number of allylic oxidation sites excluding steroid dienone is 1. The molecule has 0 aliphatic heterocycles. The van der Waals surface area contributed by atoms with Crippen LogP contribution >= 0.6 is 7.80 Å². The van der Waals surface area contributed by atoms with Gasteiger partial charge in [0.2, 0.25) is 5.91 Å². The van der Waals surface area contributed by atoms with Crippen LogP contribution in [0, 0.1) is 0 Å². The van der Waals surface area contributed by atoms with Crippen LogP contribution in [-0.2, 0) is 9.36 Å². The van der Waals surface area contributed by atoms with Crippen molar-refractivity contribution in [1.29, 1.82) is 0 Å². The lowest BCUT2D eigenvalue weighted by Gasteiger charge is -2.00. The molecule has 0 fully saturated rings. The van der Waals surface area contributed by atoms with Gasteiger partial charge in [0.05, 0.1) is 6.61 Å². The Labute approximate surface area is 121 Å². The summed E-state index contributed by atoms with van der Waals surface area (Å²) < 4.78 is 17.4. The molecule has 1 atom stereocenters. The van der Waals surface area contributed by atoms with E-state index in [9.17, 15) is 9.36 Å². The Hall–Kier alpha value is -1.67. The lowest BCUT2D eigenvalue weighted by molar-refractivity contribution is -0.120. The molecule has 0 aliphatic rings. The molecular weight excluding hydrogens is 273 g/mol. The summed E-state index contributed by atoms with van der Waals surface area (Å²) in [6, 6.07) is 7.29. The van der Waals surface area contributed by atoms with Crippen molar-refractivity contribution >= 4 is 19.0 Å². The number of ether oxygens (including phenoxy) is 1. The summed E-state index contributed by atoms with van der Waals surface area (Å²) in [6.45, 7) is 4.38. The molecule has 0 saturated heterocycles. The standard InChI is InChI=1S/C15H20NO3P/c1-3-11-16-15(17)6-5-12-20(18)14-9-7-13(8-10-14)19-4-2/h3,7-11H,4-6,12H2,1-2H3/p+1. The van der Waals surface area contributed by atoms with E-state index in [0.717, 1.165) is 11.1 Å². The molecule has 0 aromatic heterocycles. The third-order valence-electron chi connectivity index (χ3n) is 2.61. The first-order valence-electron chi connectivity index (χ1n) is 6.75. The largest absolute Gasteiger partial charge is 0.494 e. The molecule has 1 unspecified atom stereocenters. The second kappa shape index (κ2) is 9.27. The third-order valence-corrected chi connectivity index (χ3v) is 4.21. The van der Waals surface area contributed by atoms with Crippen molar-refractivity contribution in [2.75, 3.05) is 12.8 Å². The molecule has 20 heavy (non-hydrogen) atoms. The van der Waals surface area contributed by atoms with Gasteiger partial charge in [0.25, 0.3) is 0 Å². The molecule has 0 radical (unpaired) electrons. The van der Waals surface area contributed by atoms with Crippen LogP contribution in [0.2, 0.25) is 0 Å². The van der Waals surface area contributed by atoms with E-state index in [0.29, 0.717) is 25.6 Å². The minimum absolute atomic E-state index is 0.0433.